The maximum Gasteiger partial charge on any atom is 0.0973 e. The largest absolute Gasteiger partial charge is 0.246 e. The van der Waals surface area contributed by atoms with Gasteiger partial charge in [-0.2, -0.15) is 0 Å². The predicted molar refractivity (Wildman–Crippen MR) is 139 cm³/mol. The molecule has 158 valence electrons. The van der Waals surface area contributed by atoms with E-state index in [0.29, 0.717) is 0 Å². The normalized spacial score (nSPS) is 11.5. The van der Waals surface area contributed by atoms with Crippen LogP contribution in [0.5, 0.6) is 0 Å². The zero-order valence-corrected chi connectivity index (χ0v) is 18.2. The highest BCUT2D eigenvalue weighted by molar-refractivity contribution is 6.04. The van der Waals surface area contributed by atoms with E-state index in [9.17, 15) is 0 Å². The van der Waals surface area contributed by atoms with E-state index in [1.54, 1.807) is 0 Å². The van der Waals surface area contributed by atoms with Gasteiger partial charge in [-0.3, -0.25) is 0 Å². The molecule has 3 aromatic carbocycles. The second kappa shape index (κ2) is 7.42. The molecule has 4 aromatic heterocycles. The van der Waals surface area contributed by atoms with E-state index in [-0.39, 0.29) is 0 Å². The number of hydrogen-bond donors (Lipinski definition) is 0. The minimum atomic E-state index is 0.835. The highest BCUT2D eigenvalue weighted by Gasteiger charge is 2.10. The van der Waals surface area contributed by atoms with Crippen LogP contribution in [0, 0.1) is 0 Å². The van der Waals surface area contributed by atoms with Gasteiger partial charge in [-0.15, -0.1) is 0 Å². The van der Waals surface area contributed by atoms with Gasteiger partial charge in [0, 0.05) is 21.5 Å². The summed E-state index contributed by atoms with van der Waals surface area (Å²) in [6.45, 7) is 0. The lowest BCUT2D eigenvalue weighted by Gasteiger charge is -2.08. The summed E-state index contributed by atoms with van der Waals surface area (Å²) in [5, 5.41) is 4.33. The molecule has 0 atom stereocenters. The van der Waals surface area contributed by atoms with Crippen LogP contribution in [0.2, 0.25) is 0 Å². The van der Waals surface area contributed by atoms with Crippen LogP contribution >= 0.6 is 0 Å². The number of nitrogens with zero attached hydrogens (tertiary/aromatic N) is 4. The standard InChI is InChI=1S/C30H18N4/c1-3-7-23-19(5-1)11-15-25(31-23)27-17-13-21-9-10-22-14-18-28(34-30(22)29(21)33-27)26-16-12-20-6-2-4-8-24(20)32-26/h1-18H. The minimum Gasteiger partial charge on any atom is -0.246 e. The lowest BCUT2D eigenvalue weighted by atomic mass is 10.1. The molecule has 0 spiro atoms. The molecule has 0 aliphatic carbocycles. The van der Waals surface area contributed by atoms with Gasteiger partial charge in [0.1, 0.15) is 0 Å². The number of aromatic nitrogens is 4. The van der Waals surface area contributed by atoms with Crippen molar-refractivity contribution in [3.05, 3.63) is 109 Å². The van der Waals surface area contributed by atoms with E-state index in [2.05, 4.69) is 48.5 Å². The first-order valence-corrected chi connectivity index (χ1v) is 11.2. The molecule has 34 heavy (non-hydrogen) atoms. The monoisotopic (exact) mass is 434 g/mol. The smallest absolute Gasteiger partial charge is 0.0973 e. The number of rotatable bonds is 2. The number of benzene rings is 3. The third-order valence-electron chi connectivity index (χ3n) is 6.24. The van der Waals surface area contributed by atoms with Crippen LogP contribution < -0.4 is 0 Å². The molecule has 4 heterocycles. The van der Waals surface area contributed by atoms with Gasteiger partial charge in [0.25, 0.3) is 0 Å². The van der Waals surface area contributed by atoms with Crippen molar-refractivity contribution in [1.82, 2.24) is 19.9 Å². The summed E-state index contributed by atoms with van der Waals surface area (Å²) >= 11 is 0. The Balaban J connectivity index is 1.41. The Morgan fingerprint density at radius 3 is 1.12 bits per heavy atom. The second-order valence-electron chi connectivity index (χ2n) is 8.38. The third-order valence-corrected chi connectivity index (χ3v) is 6.24. The Morgan fingerprint density at radius 1 is 0.294 bits per heavy atom. The van der Waals surface area contributed by atoms with Gasteiger partial charge in [0.05, 0.1) is 44.8 Å². The number of pyridine rings is 4. The van der Waals surface area contributed by atoms with Crippen molar-refractivity contribution in [1.29, 1.82) is 0 Å². The topological polar surface area (TPSA) is 51.6 Å². The molecule has 0 aliphatic rings. The van der Waals surface area contributed by atoms with Gasteiger partial charge in [0.15, 0.2) is 0 Å². The first-order valence-electron chi connectivity index (χ1n) is 11.2. The minimum absolute atomic E-state index is 0.835. The quantitative estimate of drug-likeness (QED) is 0.270. The van der Waals surface area contributed by atoms with Crippen molar-refractivity contribution >= 4 is 43.6 Å². The van der Waals surface area contributed by atoms with Gasteiger partial charge < -0.3 is 0 Å². The van der Waals surface area contributed by atoms with Crippen molar-refractivity contribution in [3.8, 4) is 22.8 Å². The molecule has 0 amide bonds. The van der Waals surface area contributed by atoms with E-state index >= 15 is 0 Å². The predicted octanol–water partition coefficient (Wildman–Crippen LogP) is 7.21. The molecular formula is C30H18N4. The van der Waals surface area contributed by atoms with Crippen molar-refractivity contribution in [3.63, 3.8) is 0 Å². The molecule has 4 heteroatoms. The molecule has 0 bridgehead atoms. The number of para-hydroxylation sites is 2. The maximum atomic E-state index is 5.02. The summed E-state index contributed by atoms with van der Waals surface area (Å²) in [4.78, 5) is 19.7. The van der Waals surface area contributed by atoms with Crippen molar-refractivity contribution in [2.24, 2.45) is 0 Å². The second-order valence-corrected chi connectivity index (χ2v) is 8.38. The van der Waals surface area contributed by atoms with Crippen LogP contribution in [-0.2, 0) is 0 Å². The summed E-state index contributed by atoms with van der Waals surface area (Å²) in [5.41, 5.74) is 7.03. The fraction of sp³-hybridized carbons (Fsp3) is 0. The summed E-state index contributed by atoms with van der Waals surface area (Å²) in [6.07, 6.45) is 0. The average molecular weight is 435 g/mol. The van der Waals surface area contributed by atoms with E-state index in [4.69, 9.17) is 19.9 Å². The molecule has 0 aliphatic heterocycles. The van der Waals surface area contributed by atoms with Gasteiger partial charge in [-0.25, -0.2) is 19.9 Å². The summed E-state index contributed by atoms with van der Waals surface area (Å²) in [7, 11) is 0. The van der Waals surface area contributed by atoms with Crippen LogP contribution in [0.3, 0.4) is 0 Å². The summed E-state index contributed by atoms with van der Waals surface area (Å²) in [6, 6.07) is 36.9. The Bertz CT molecular complexity index is 1740. The van der Waals surface area contributed by atoms with E-state index < -0.39 is 0 Å². The van der Waals surface area contributed by atoms with Gasteiger partial charge in [0.2, 0.25) is 0 Å². The first-order chi connectivity index (χ1) is 16.8. The molecular weight excluding hydrogens is 416 g/mol. The highest BCUT2D eigenvalue weighted by Crippen LogP contribution is 2.29. The van der Waals surface area contributed by atoms with Crippen LogP contribution in [0.25, 0.3) is 66.4 Å². The average Bonchev–Trinajstić information content (AvgIpc) is 2.92. The van der Waals surface area contributed by atoms with Gasteiger partial charge in [-0.1, -0.05) is 72.8 Å². The Morgan fingerprint density at radius 2 is 0.647 bits per heavy atom. The molecule has 0 saturated heterocycles. The van der Waals surface area contributed by atoms with Crippen LogP contribution in [0.1, 0.15) is 0 Å². The molecule has 7 rings (SSSR count). The SMILES string of the molecule is c1ccc2nc(-c3ccc4ccc5ccc(-c6ccc7ccccc7n6)nc5c4n3)ccc2c1. The fourth-order valence-corrected chi connectivity index (χ4v) is 4.47. The molecule has 0 unspecified atom stereocenters. The summed E-state index contributed by atoms with van der Waals surface area (Å²) in [5.74, 6) is 0. The highest BCUT2D eigenvalue weighted by atomic mass is 14.8. The van der Waals surface area contributed by atoms with Crippen molar-refractivity contribution in [2.75, 3.05) is 0 Å². The zero-order chi connectivity index (χ0) is 22.5. The molecule has 4 nitrogen and oxygen atoms in total. The molecule has 0 N–H and O–H groups in total. The van der Waals surface area contributed by atoms with E-state index in [0.717, 1.165) is 66.4 Å². The Labute approximate surface area is 195 Å². The first kappa shape index (κ1) is 18.8. The lowest BCUT2D eigenvalue weighted by molar-refractivity contribution is 1.30. The zero-order valence-electron chi connectivity index (χ0n) is 18.2. The summed E-state index contributed by atoms with van der Waals surface area (Å²) < 4.78 is 0. The molecule has 7 aromatic rings. The van der Waals surface area contributed by atoms with Gasteiger partial charge in [-0.05, 0) is 36.4 Å². The Hall–Kier alpha value is -4.70. The van der Waals surface area contributed by atoms with Crippen LogP contribution in [0.4, 0.5) is 0 Å². The van der Waals surface area contributed by atoms with Crippen LogP contribution in [0.15, 0.2) is 109 Å². The number of hydrogen-bond acceptors (Lipinski definition) is 4. The number of fused-ring (bicyclic) bond motifs is 5. The van der Waals surface area contributed by atoms with E-state index in [1.165, 1.54) is 0 Å². The maximum absolute atomic E-state index is 5.02. The fourth-order valence-electron chi connectivity index (χ4n) is 4.47. The molecule has 0 radical (unpaired) electrons. The van der Waals surface area contributed by atoms with Crippen molar-refractivity contribution in [2.45, 2.75) is 0 Å². The Kier molecular flexibility index (Phi) is 4.11. The third kappa shape index (κ3) is 3.08. The van der Waals surface area contributed by atoms with E-state index in [1.807, 2.05) is 60.7 Å². The van der Waals surface area contributed by atoms with Gasteiger partial charge >= 0.3 is 0 Å². The molecule has 0 saturated carbocycles. The van der Waals surface area contributed by atoms with Crippen molar-refractivity contribution < 1.29 is 0 Å². The van der Waals surface area contributed by atoms with Crippen LogP contribution in [-0.4, -0.2) is 19.9 Å². The lowest BCUT2D eigenvalue weighted by Crippen LogP contribution is -1.93. The molecule has 0 fully saturated rings.